The minimum atomic E-state index is -0.382. The molecule has 0 N–H and O–H groups in total. The van der Waals surface area contributed by atoms with Crippen molar-refractivity contribution in [3.05, 3.63) is 520 Å². The van der Waals surface area contributed by atoms with Crippen LogP contribution in [0.1, 0.15) is 0 Å². The quantitative estimate of drug-likeness (QED) is 0.0431. The SMILES string of the molecule is CN(c1ccc(-c2ccc(N(c3ccc(-c4ccccc4)cc3)c3ccc4ccccc4c3)cc2)cc1)c1ccc([N+](=O)[O-])cc1.COc1ccc(N(C)c2ccc(-c3ccc(N(c4ccc(-c5ccccc5)cc4)c4ccc5ccccc5c4)cc3)cc2)cc1.COc1cccc(N(C)c2ccc(-c3ccc(N(c4ccc(-c5ccccc5)cc4)c4ccc5ccccc5c4)cc3)cc2)c1. The third-order valence-electron chi connectivity index (χ3n) is 25.2. The normalized spacial score (nSPS) is 10.9. The van der Waals surface area contributed by atoms with Gasteiger partial charge >= 0.3 is 0 Å². The van der Waals surface area contributed by atoms with Crippen molar-refractivity contribution in [1.82, 2.24) is 0 Å². The summed E-state index contributed by atoms with van der Waals surface area (Å²) < 4.78 is 10.7. The van der Waals surface area contributed by atoms with Crippen LogP contribution in [0.2, 0.25) is 0 Å². The summed E-state index contributed by atoms with van der Waals surface area (Å²) in [6, 6.07) is 178. The topological polar surface area (TPSA) is 81.0 Å². The van der Waals surface area contributed by atoms with Gasteiger partial charge in [-0.25, -0.2) is 0 Å². The number of anilines is 15. The van der Waals surface area contributed by atoms with Crippen molar-refractivity contribution >= 4 is 123 Å². The van der Waals surface area contributed by atoms with E-state index >= 15 is 0 Å². The summed E-state index contributed by atoms with van der Waals surface area (Å²) in [6.07, 6.45) is 0. The Labute approximate surface area is 795 Å². The third kappa shape index (κ3) is 19.9. The summed E-state index contributed by atoms with van der Waals surface area (Å²) in [5.41, 5.74) is 30.5. The minimum Gasteiger partial charge on any atom is -0.497 e. The Morgan fingerprint density at radius 2 is 0.382 bits per heavy atom. The second-order valence-corrected chi connectivity index (χ2v) is 33.5. The van der Waals surface area contributed by atoms with E-state index < -0.39 is 0 Å². The van der Waals surface area contributed by atoms with Gasteiger partial charge in [-0.1, -0.05) is 297 Å². The van der Waals surface area contributed by atoms with E-state index in [9.17, 15) is 10.1 Å². The van der Waals surface area contributed by atoms with Crippen molar-refractivity contribution in [3.8, 4) is 78.3 Å². The summed E-state index contributed by atoms with van der Waals surface area (Å²) in [6.45, 7) is 0. The zero-order valence-corrected chi connectivity index (χ0v) is 76.3. The lowest BCUT2D eigenvalue weighted by Crippen LogP contribution is -2.10. The first kappa shape index (κ1) is 87.5. The van der Waals surface area contributed by atoms with Crippen LogP contribution in [0.5, 0.6) is 11.5 Å². The molecule has 0 fully saturated rings. The minimum absolute atomic E-state index is 0.0827. The second kappa shape index (κ2) is 40.7. The van der Waals surface area contributed by atoms with Gasteiger partial charge in [-0.15, -0.1) is 0 Å². The Morgan fingerprint density at radius 1 is 0.176 bits per heavy atom. The number of nitro groups is 1. The molecule has 21 aromatic carbocycles. The summed E-state index contributed by atoms with van der Waals surface area (Å²) in [5.74, 6) is 1.70. The molecule has 658 valence electrons. The maximum Gasteiger partial charge on any atom is 0.269 e. The highest BCUT2D eigenvalue weighted by Crippen LogP contribution is 2.44. The van der Waals surface area contributed by atoms with Crippen LogP contribution in [0, 0.1) is 10.1 Å². The van der Waals surface area contributed by atoms with Crippen molar-refractivity contribution in [3.63, 3.8) is 0 Å². The molecule has 136 heavy (non-hydrogen) atoms. The van der Waals surface area contributed by atoms with E-state index in [0.717, 1.165) is 108 Å². The predicted octanol–water partition coefficient (Wildman–Crippen LogP) is 34.2. The Morgan fingerprint density at radius 3 is 0.632 bits per heavy atom. The van der Waals surface area contributed by atoms with Gasteiger partial charge in [-0.05, 0) is 293 Å². The molecule has 0 bridgehead atoms. The number of nitro benzene ring substituents is 1. The Bertz CT molecular complexity index is 7610. The monoisotopic (exact) mass is 1760 g/mol. The van der Waals surface area contributed by atoms with Crippen LogP contribution in [0.4, 0.5) is 91.0 Å². The molecule has 0 aliphatic carbocycles. The molecule has 0 radical (unpaired) electrons. The van der Waals surface area contributed by atoms with Gasteiger partial charge in [0.1, 0.15) is 11.5 Å². The smallest absolute Gasteiger partial charge is 0.269 e. The molecule has 21 rings (SSSR count). The number of ether oxygens (including phenoxy) is 2. The number of hydrogen-bond donors (Lipinski definition) is 0. The van der Waals surface area contributed by atoms with Gasteiger partial charge in [-0.2, -0.15) is 0 Å². The fourth-order valence-corrected chi connectivity index (χ4v) is 17.5. The maximum absolute atomic E-state index is 11.0. The average Bonchev–Trinajstić information content (AvgIpc) is 0.755. The van der Waals surface area contributed by atoms with Crippen LogP contribution in [-0.2, 0) is 0 Å². The molecule has 0 aliphatic rings. The molecule has 0 aromatic heterocycles. The Hall–Kier alpha value is -17.8. The van der Waals surface area contributed by atoms with Gasteiger partial charge in [0.2, 0.25) is 0 Å². The van der Waals surface area contributed by atoms with E-state index in [0.29, 0.717) is 0 Å². The van der Waals surface area contributed by atoms with Gasteiger partial charge in [0, 0.05) is 125 Å². The lowest BCUT2D eigenvalue weighted by Gasteiger charge is -2.26. The zero-order chi connectivity index (χ0) is 92.6. The van der Waals surface area contributed by atoms with E-state index in [1.165, 1.54) is 100 Å². The van der Waals surface area contributed by atoms with Crippen molar-refractivity contribution < 1.29 is 14.4 Å². The van der Waals surface area contributed by atoms with Gasteiger partial charge in [0.15, 0.2) is 0 Å². The number of methoxy groups -OCH3 is 2. The number of benzene rings is 21. The highest BCUT2D eigenvalue weighted by atomic mass is 16.6. The number of rotatable bonds is 24. The lowest BCUT2D eigenvalue weighted by atomic mass is 10.0. The first-order valence-corrected chi connectivity index (χ1v) is 45.5. The summed E-state index contributed by atoms with van der Waals surface area (Å²) in [5, 5.41) is 18.3. The van der Waals surface area contributed by atoms with Crippen LogP contribution in [0.15, 0.2) is 510 Å². The third-order valence-corrected chi connectivity index (χ3v) is 25.2. The Balaban J connectivity index is 0.000000131. The molecule has 0 amide bonds. The van der Waals surface area contributed by atoms with Crippen molar-refractivity contribution in [1.29, 1.82) is 0 Å². The van der Waals surface area contributed by atoms with Crippen LogP contribution in [0.3, 0.4) is 0 Å². The second-order valence-electron chi connectivity index (χ2n) is 33.5. The van der Waals surface area contributed by atoms with Crippen LogP contribution in [-0.4, -0.2) is 40.3 Å². The highest BCUT2D eigenvalue weighted by molar-refractivity contribution is 5.94. The summed E-state index contributed by atoms with van der Waals surface area (Å²) >= 11 is 0. The van der Waals surface area contributed by atoms with E-state index in [1.807, 2.05) is 48.3 Å². The number of fused-ring (bicyclic) bond motifs is 3. The van der Waals surface area contributed by atoms with Gasteiger partial charge in [0.05, 0.1) is 19.1 Å². The number of non-ortho nitro benzene ring substituents is 1. The molecule has 0 atom stereocenters. The largest absolute Gasteiger partial charge is 0.497 e. The highest BCUT2D eigenvalue weighted by Gasteiger charge is 2.21. The fourth-order valence-electron chi connectivity index (χ4n) is 17.5. The van der Waals surface area contributed by atoms with Crippen molar-refractivity contribution in [2.75, 3.05) is 64.8 Å². The van der Waals surface area contributed by atoms with E-state index in [-0.39, 0.29) is 10.6 Å². The molecule has 11 nitrogen and oxygen atoms in total. The maximum atomic E-state index is 11.0. The molecule has 11 heteroatoms. The number of hydrogen-bond acceptors (Lipinski definition) is 10. The predicted molar refractivity (Wildman–Crippen MR) is 572 cm³/mol. The van der Waals surface area contributed by atoms with Crippen LogP contribution >= 0.6 is 0 Å². The van der Waals surface area contributed by atoms with Crippen molar-refractivity contribution in [2.45, 2.75) is 0 Å². The zero-order valence-electron chi connectivity index (χ0n) is 76.3. The molecule has 0 aliphatic heterocycles. The van der Waals surface area contributed by atoms with Gasteiger partial charge < -0.3 is 38.9 Å². The molecule has 0 saturated heterocycles. The van der Waals surface area contributed by atoms with E-state index in [1.54, 1.807) is 26.4 Å². The molecule has 0 heterocycles. The average molecular weight is 1760 g/mol. The van der Waals surface area contributed by atoms with Crippen LogP contribution in [0.25, 0.3) is 99.1 Å². The fraction of sp³-hybridized carbons (Fsp3) is 0.0400. The molecule has 0 unspecified atom stereocenters. The molecular formula is C125H99N7O4. The molecular weight excluding hydrogens is 1660 g/mol. The Kier molecular flexibility index (Phi) is 26.2. The van der Waals surface area contributed by atoms with Gasteiger partial charge in [-0.3, -0.25) is 10.1 Å². The lowest BCUT2D eigenvalue weighted by molar-refractivity contribution is -0.384. The summed E-state index contributed by atoms with van der Waals surface area (Å²) in [4.78, 5) is 24.0. The van der Waals surface area contributed by atoms with E-state index in [2.05, 4.69) is 488 Å². The standard InChI is InChI=1S/2C42H34N2O.C41H31N3O2/c1-43(40-13-8-14-42(30-40)45-2)37-22-15-34(16-23-37)35-19-26-39(27-20-35)44(41-28-21-32-11-6-7-12-36(32)29-41)38-24-17-33(18-25-38)31-9-4-3-5-10-31;1-43(38-26-28-42(45-2)29-27-38)37-19-12-34(13-20-37)35-16-23-40(24-17-35)44(41-25-18-32-10-6-7-11-36(32)30-41)39-21-14-33(15-22-39)31-8-4-3-5-9-31;1-42(37-25-27-40(28-26-37)44(45)46)36-18-11-33(12-19-36)34-15-22-39(23-16-34)43(41-24-17-31-9-5-6-10-35(31)29-41)38-20-13-32(14-21-38)30-7-3-2-4-8-30/h2*3-30H,1-2H3;2-29H,1H3. The van der Waals surface area contributed by atoms with Crippen molar-refractivity contribution in [2.24, 2.45) is 0 Å². The van der Waals surface area contributed by atoms with E-state index in [4.69, 9.17) is 9.47 Å². The summed E-state index contributed by atoms with van der Waals surface area (Å²) in [7, 11) is 9.50. The number of nitrogens with zero attached hydrogens (tertiary/aromatic N) is 7. The molecule has 0 spiro atoms. The first-order chi connectivity index (χ1) is 66.8. The molecule has 21 aromatic rings. The van der Waals surface area contributed by atoms with Crippen LogP contribution < -0.4 is 38.9 Å². The first-order valence-electron chi connectivity index (χ1n) is 45.5. The van der Waals surface area contributed by atoms with Gasteiger partial charge in [0.25, 0.3) is 5.69 Å². The molecule has 0 saturated carbocycles.